The Morgan fingerprint density at radius 3 is 2.45 bits per heavy atom. The van der Waals surface area contributed by atoms with Crippen molar-refractivity contribution >= 4 is 24.2 Å². The van der Waals surface area contributed by atoms with Gasteiger partial charge in [0.05, 0.1) is 0 Å². The van der Waals surface area contributed by atoms with E-state index >= 15 is 0 Å². The van der Waals surface area contributed by atoms with Crippen LogP contribution in [0.2, 0.25) is 0 Å². The van der Waals surface area contributed by atoms with Gasteiger partial charge in [-0.25, -0.2) is 0 Å². The lowest BCUT2D eigenvalue weighted by atomic mass is 10.2. The molecule has 0 aliphatic heterocycles. The van der Waals surface area contributed by atoms with E-state index in [0.29, 0.717) is 0 Å². The van der Waals surface area contributed by atoms with Crippen LogP contribution in [0.1, 0.15) is 5.56 Å². The highest BCUT2D eigenvalue weighted by atomic mass is 35.5. The minimum absolute atomic E-state index is 0. The third-order valence-corrected chi connectivity index (χ3v) is 1.75. The molecule has 0 N–H and O–H groups in total. The molecule has 1 nitrogen and oxygen atoms in total. The Morgan fingerprint density at radius 2 is 1.91 bits per heavy atom. The van der Waals surface area contributed by atoms with Crippen molar-refractivity contribution in [2.24, 2.45) is 0 Å². The quantitative estimate of drug-likeness (QED) is 0.662. The number of hydrogen-bond donors (Lipinski definition) is 0. The highest BCUT2D eigenvalue weighted by Crippen LogP contribution is 2.08. The summed E-state index contributed by atoms with van der Waals surface area (Å²) >= 11 is 1.27. The summed E-state index contributed by atoms with van der Waals surface area (Å²) in [7, 11) is 0. The van der Waals surface area contributed by atoms with Crippen molar-refractivity contribution in [1.82, 2.24) is 0 Å². The van der Waals surface area contributed by atoms with E-state index in [4.69, 9.17) is 5.26 Å². The fraction of sp³-hybridized carbons (Fsp3) is 0.125. The maximum atomic E-state index is 8.24. The molecule has 0 saturated heterocycles. The van der Waals surface area contributed by atoms with Gasteiger partial charge in [-0.05, 0) is 17.3 Å². The second-order valence-electron chi connectivity index (χ2n) is 1.87. The standard InChI is InChI=1S/C8H7NS.ClH/c9-7-10-6-8-4-2-1-3-5-8;/h1-5H,6H2;1H. The fourth-order valence-corrected chi connectivity index (χ4v) is 1.11. The van der Waals surface area contributed by atoms with Crippen LogP contribution in [0.4, 0.5) is 0 Å². The largest absolute Gasteiger partial charge is 0.185 e. The molecule has 0 amide bonds. The summed E-state index contributed by atoms with van der Waals surface area (Å²) in [5.41, 5.74) is 1.20. The third kappa shape index (κ3) is 3.92. The lowest BCUT2D eigenvalue weighted by Crippen LogP contribution is -1.74. The van der Waals surface area contributed by atoms with E-state index in [1.807, 2.05) is 35.7 Å². The van der Waals surface area contributed by atoms with E-state index in [-0.39, 0.29) is 12.4 Å². The van der Waals surface area contributed by atoms with E-state index in [0.717, 1.165) is 5.75 Å². The van der Waals surface area contributed by atoms with Crippen molar-refractivity contribution in [3.63, 3.8) is 0 Å². The zero-order valence-corrected chi connectivity index (χ0v) is 7.49. The van der Waals surface area contributed by atoms with Crippen molar-refractivity contribution in [1.29, 1.82) is 5.26 Å². The molecule has 0 bridgehead atoms. The average Bonchev–Trinajstić information content (AvgIpc) is 2.03. The molecule has 11 heavy (non-hydrogen) atoms. The number of benzene rings is 1. The molecule has 0 aliphatic rings. The molecule has 0 heterocycles. The van der Waals surface area contributed by atoms with Crippen molar-refractivity contribution in [2.45, 2.75) is 5.75 Å². The molecule has 1 aromatic rings. The van der Waals surface area contributed by atoms with Crippen LogP contribution in [-0.2, 0) is 5.75 Å². The molecular weight excluding hydrogens is 178 g/mol. The molecule has 0 atom stereocenters. The number of halogens is 1. The van der Waals surface area contributed by atoms with Gasteiger partial charge in [0.2, 0.25) is 0 Å². The smallest absolute Gasteiger partial charge is 0.133 e. The number of thioether (sulfide) groups is 1. The molecule has 3 heteroatoms. The van der Waals surface area contributed by atoms with Gasteiger partial charge in [-0.2, -0.15) is 5.26 Å². The summed E-state index contributed by atoms with van der Waals surface area (Å²) in [6, 6.07) is 9.97. The fourth-order valence-electron chi connectivity index (χ4n) is 0.690. The lowest BCUT2D eigenvalue weighted by molar-refractivity contribution is 1.42. The van der Waals surface area contributed by atoms with Gasteiger partial charge in [0.1, 0.15) is 5.40 Å². The number of nitrogens with zero attached hydrogens (tertiary/aromatic N) is 1. The van der Waals surface area contributed by atoms with Crippen molar-refractivity contribution in [3.8, 4) is 5.40 Å². The predicted octanol–water partition coefficient (Wildman–Crippen LogP) is 2.82. The maximum Gasteiger partial charge on any atom is 0.133 e. The van der Waals surface area contributed by atoms with Crippen LogP contribution >= 0.6 is 24.2 Å². The molecule has 0 radical (unpaired) electrons. The van der Waals surface area contributed by atoms with Crippen molar-refractivity contribution in [3.05, 3.63) is 35.9 Å². The number of hydrogen-bond acceptors (Lipinski definition) is 2. The molecule has 1 rings (SSSR count). The Labute approximate surface area is 76.8 Å². The summed E-state index contributed by atoms with van der Waals surface area (Å²) in [6.07, 6.45) is 0. The highest BCUT2D eigenvalue weighted by molar-refractivity contribution is 8.02. The van der Waals surface area contributed by atoms with Gasteiger partial charge in [0, 0.05) is 5.75 Å². The minimum Gasteiger partial charge on any atom is -0.185 e. The van der Waals surface area contributed by atoms with E-state index in [1.165, 1.54) is 17.3 Å². The minimum atomic E-state index is 0. The number of nitriles is 1. The van der Waals surface area contributed by atoms with E-state index in [9.17, 15) is 0 Å². The highest BCUT2D eigenvalue weighted by Gasteiger charge is 1.88. The zero-order chi connectivity index (χ0) is 7.23. The molecule has 0 aromatic heterocycles. The summed E-state index contributed by atoms with van der Waals surface area (Å²) in [5, 5.41) is 10.3. The monoisotopic (exact) mass is 185 g/mol. The van der Waals surface area contributed by atoms with Crippen LogP contribution < -0.4 is 0 Å². The van der Waals surface area contributed by atoms with E-state index in [2.05, 4.69) is 0 Å². The van der Waals surface area contributed by atoms with Crippen LogP contribution in [0.3, 0.4) is 0 Å². The molecule has 0 unspecified atom stereocenters. The first-order chi connectivity index (χ1) is 4.93. The first-order valence-electron chi connectivity index (χ1n) is 2.98. The van der Waals surface area contributed by atoms with Gasteiger partial charge in [-0.15, -0.1) is 12.4 Å². The molecule has 0 spiro atoms. The Balaban J connectivity index is 0.000001000. The van der Waals surface area contributed by atoms with Crippen LogP contribution in [-0.4, -0.2) is 0 Å². The number of thiocyanates is 1. The Kier molecular flexibility index (Phi) is 5.73. The Morgan fingerprint density at radius 1 is 1.27 bits per heavy atom. The Hall–Kier alpha value is -0.650. The maximum absolute atomic E-state index is 8.24. The van der Waals surface area contributed by atoms with Gasteiger partial charge in [0.25, 0.3) is 0 Å². The number of rotatable bonds is 2. The average molecular weight is 186 g/mol. The van der Waals surface area contributed by atoms with Gasteiger partial charge in [0.15, 0.2) is 0 Å². The third-order valence-electron chi connectivity index (χ3n) is 1.15. The van der Waals surface area contributed by atoms with Gasteiger partial charge < -0.3 is 0 Å². The molecule has 0 saturated carbocycles. The van der Waals surface area contributed by atoms with Crippen LogP contribution in [0, 0.1) is 10.7 Å². The van der Waals surface area contributed by atoms with Crippen LogP contribution in [0.15, 0.2) is 30.3 Å². The summed E-state index contributed by atoms with van der Waals surface area (Å²) < 4.78 is 0. The van der Waals surface area contributed by atoms with Crippen molar-refractivity contribution < 1.29 is 0 Å². The molecule has 58 valence electrons. The normalized spacial score (nSPS) is 7.91. The van der Waals surface area contributed by atoms with Crippen LogP contribution in [0.25, 0.3) is 0 Å². The molecular formula is C8H8ClNS. The molecule has 1 aromatic carbocycles. The molecule has 0 aliphatic carbocycles. The topological polar surface area (TPSA) is 23.8 Å². The first kappa shape index (κ1) is 10.3. The van der Waals surface area contributed by atoms with E-state index in [1.54, 1.807) is 0 Å². The van der Waals surface area contributed by atoms with Crippen LogP contribution in [0.5, 0.6) is 0 Å². The second kappa shape index (κ2) is 6.09. The van der Waals surface area contributed by atoms with Gasteiger partial charge in [-0.1, -0.05) is 30.3 Å². The second-order valence-corrected chi connectivity index (χ2v) is 2.63. The van der Waals surface area contributed by atoms with Gasteiger partial charge >= 0.3 is 0 Å². The molecule has 0 fully saturated rings. The van der Waals surface area contributed by atoms with Gasteiger partial charge in [-0.3, -0.25) is 0 Å². The predicted molar refractivity (Wildman–Crippen MR) is 50.6 cm³/mol. The first-order valence-corrected chi connectivity index (χ1v) is 3.97. The lowest BCUT2D eigenvalue weighted by Gasteiger charge is -1.92. The summed E-state index contributed by atoms with van der Waals surface area (Å²) in [6.45, 7) is 0. The Bertz CT molecular complexity index is 230. The summed E-state index contributed by atoms with van der Waals surface area (Å²) in [5.74, 6) is 0.789. The zero-order valence-electron chi connectivity index (χ0n) is 5.86. The van der Waals surface area contributed by atoms with Crippen molar-refractivity contribution in [2.75, 3.05) is 0 Å². The summed E-state index contributed by atoms with van der Waals surface area (Å²) in [4.78, 5) is 0. The van der Waals surface area contributed by atoms with E-state index < -0.39 is 0 Å². The SMILES string of the molecule is Cl.N#CSCc1ccccc1.